The second kappa shape index (κ2) is 20.1. The molecule has 11 nitrogen and oxygen atoms in total. The van der Waals surface area contributed by atoms with E-state index >= 15 is 0 Å². The zero-order valence-electron chi connectivity index (χ0n) is 37.7. The van der Waals surface area contributed by atoms with Gasteiger partial charge in [0.05, 0.1) is 33.7 Å². The number of sulfonamides is 1. The molecule has 1 amide bonds. The lowest BCUT2D eigenvalue weighted by atomic mass is 10.0. The molecule has 20 heteroatoms. The maximum absolute atomic E-state index is 14.1. The highest BCUT2D eigenvalue weighted by molar-refractivity contribution is 8.14. The maximum Gasteiger partial charge on any atom is 0.490 e. The average Bonchev–Trinajstić information content (AvgIpc) is 3.88. The van der Waals surface area contributed by atoms with Gasteiger partial charge in [0, 0.05) is 35.4 Å². The first kappa shape index (κ1) is 52.1. The summed E-state index contributed by atoms with van der Waals surface area (Å²) >= 11 is 1.47. The van der Waals surface area contributed by atoms with Crippen molar-refractivity contribution in [3.63, 3.8) is 0 Å². The third-order valence-electron chi connectivity index (χ3n) is 11.3. The van der Waals surface area contributed by atoms with Crippen molar-refractivity contribution in [3.8, 4) is 0 Å². The van der Waals surface area contributed by atoms with Crippen LogP contribution >= 0.6 is 11.8 Å². The van der Waals surface area contributed by atoms with Gasteiger partial charge in [0.2, 0.25) is 0 Å². The highest BCUT2D eigenvalue weighted by Crippen LogP contribution is 2.45. The molecular weight excluding hydrogens is 927 g/mol. The highest BCUT2D eigenvalue weighted by Gasteiger charge is 2.48. The molecule has 1 fully saturated rings. The Bertz CT molecular complexity index is 2440. The lowest BCUT2D eigenvalue weighted by Gasteiger charge is -2.43. The largest absolute Gasteiger partial charge is 0.490 e. The monoisotopic (exact) mass is 980 g/mol. The lowest BCUT2D eigenvalue weighted by Crippen LogP contribution is -2.50. The number of hydrogen-bond acceptors (Lipinski definition) is 9. The van der Waals surface area contributed by atoms with Gasteiger partial charge in [-0.1, -0.05) is 63.2 Å². The summed E-state index contributed by atoms with van der Waals surface area (Å²) in [4.78, 5) is 34.0. The van der Waals surface area contributed by atoms with Crippen LogP contribution in [0.25, 0.3) is 0 Å². The minimum atomic E-state index is -5.08. The van der Waals surface area contributed by atoms with Crippen LogP contribution in [-0.4, -0.2) is 78.4 Å². The highest BCUT2D eigenvalue weighted by atomic mass is 32.2. The number of aliphatic imine (C=N–C) groups is 1. The van der Waals surface area contributed by atoms with Crippen LogP contribution in [0, 0.1) is 0 Å². The molecule has 1 aromatic heterocycles. The molecule has 0 saturated carbocycles. The number of carboxylic acid groups (broad SMARTS) is 1. The number of aromatic nitrogens is 1. The van der Waals surface area contributed by atoms with Gasteiger partial charge in [-0.2, -0.15) is 26.3 Å². The molecule has 358 valence electrons. The zero-order chi connectivity index (χ0) is 49.0. The number of likely N-dealkylation sites (tertiary alicyclic amines) is 1. The molecule has 3 aromatic carbocycles. The Morgan fingerprint density at radius 2 is 1.50 bits per heavy atom. The Morgan fingerprint density at radius 1 is 0.894 bits per heavy atom. The molecule has 6 rings (SSSR count). The molecule has 2 aliphatic rings. The van der Waals surface area contributed by atoms with E-state index in [-0.39, 0.29) is 28.1 Å². The summed E-state index contributed by atoms with van der Waals surface area (Å²) in [5.41, 5.74) is 2.23. The van der Waals surface area contributed by atoms with Crippen LogP contribution in [0.2, 0.25) is 18.1 Å². The predicted molar refractivity (Wildman–Crippen MR) is 244 cm³/mol. The van der Waals surface area contributed by atoms with E-state index in [1.54, 1.807) is 30.5 Å². The molecule has 0 aliphatic carbocycles. The number of anilines is 1. The second-order valence-corrected chi connectivity index (χ2v) is 25.9. The Hall–Kier alpha value is -4.92. The van der Waals surface area contributed by atoms with Crippen LogP contribution in [0.1, 0.15) is 94.3 Å². The Kier molecular flexibility index (Phi) is 15.9. The van der Waals surface area contributed by atoms with Crippen LogP contribution < -0.4 is 4.72 Å². The van der Waals surface area contributed by atoms with Crippen LogP contribution in [-0.2, 0) is 36.6 Å². The summed E-state index contributed by atoms with van der Waals surface area (Å²) in [6.07, 6.45) is -4.76. The number of pyridine rings is 1. The Labute approximate surface area is 386 Å². The van der Waals surface area contributed by atoms with Gasteiger partial charge in [-0.25, -0.2) is 18.0 Å². The van der Waals surface area contributed by atoms with Crippen LogP contribution in [0.15, 0.2) is 107 Å². The van der Waals surface area contributed by atoms with Gasteiger partial charge in [-0.05, 0) is 117 Å². The molecule has 2 N–H and O–H groups in total. The number of benzene rings is 3. The van der Waals surface area contributed by atoms with Gasteiger partial charge in [-0.15, -0.1) is 11.8 Å². The van der Waals surface area contributed by atoms with E-state index in [1.165, 1.54) is 36.0 Å². The molecule has 0 bridgehead atoms. The fourth-order valence-electron chi connectivity index (χ4n) is 6.98. The molecule has 66 heavy (non-hydrogen) atoms. The number of nitrogens with zero attached hydrogens (tertiary/aromatic N) is 3. The van der Waals surface area contributed by atoms with Gasteiger partial charge in [0.15, 0.2) is 8.32 Å². The number of alkyl halides is 6. The number of nitrogens with one attached hydrogen (secondary N) is 1. The number of carbonyl (C=O) groups excluding carboxylic acids is 1. The van der Waals surface area contributed by atoms with E-state index < -0.39 is 60.0 Å². The van der Waals surface area contributed by atoms with Crippen molar-refractivity contribution < 1.29 is 58.6 Å². The first-order valence-corrected chi connectivity index (χ1v) is 26.3. The van der Waals surface area contributed by atoms with Crippen LogP contribution in [0.3, 0.4) is 0 Å². The number of carbonyl (C=O) groups is 2. The number of aliphatic carboxylic acids is 1. The first-order valence-electron chi connectivity index (χ1n) is 20.9. The zero-order valence-corrected chi connectivity index (χ0v) is 40.3. The van der Waals surface area contributed by atoms with Crippen molar-refractivity contribution in [2.24, 2.45) is 4.99 Å². The van der Waals surface area contributed by atoms with Crippen molar-refractivity contribution in [2.45, 2.75) is 126 Å². The average molecular weight is 981 g/mol. The number of amides is 1. The maximum atomic E-state index is 14.1. The predicted octanol–water partition coefficient (Wildman–Crippen LogP) is 11.8. The minimum absolute atomic E-state index is 0.0633. The molecule has 4 aromatic rings. The third kappa shape index (κ3) is 13.6. The van der Waals surface area contributed by atoms with E-state index in [0.29, 0.717) is 34.9 Å². The van der Waals surface area contributed by atoms with Crippen molar-refractivity contribution in [2.75, 3.05) is 10.5 Å². The summed E-state index contributed by atoms with van der Waals surface area (Å²) < 4.78 is 113. The van der Waals surface area contributed by atoms with E-state index in [0.717, 1.165) is 35.2 Å². The molecular formula is C46H54F6N4O7S2Si. The number of rotatable bonds is 11. The van der Waals surface area contributed by atoms with Crippen molar-refractivity contribution >= 4 is 52.9 Å². The standard InChI is InChI=1S/C44H53F3N4O5S2Si.C2HF3O2/c1-42(2,3)55-41(52)51-35(21-24-38(51)39(32-10-9-25-48-27-32)56-59(7,8)43(4,5)6)26-29-11-19-34(20-12-29)50-58(53,54)36-22-15-31(16-23-36)40-49-37(28-57-40)30-13-17-33(18-14-30)44(45,46)47;3-2(4,5)1(6)7/h9-20,22-23,25,27,35,37-39,50H,21,24,26,28H2,1-8H3;(H,6,7)/t35-,37?,38+,39+;/m0./s1. The number of carboxylic acids is 1. The normalized spacial score (nSPS) is 18.8. The fourth-order valence-corrected chi connectivity index (χ4v) is 10.4. The smallest absolute Gasteiger partial charge is 0.475 e. The van der Waals surface area contributed by atoms with Crippen LogP contribution in [0.5, 0.6) is 0 Å². The molecule has 0 spiro atoms. The van der Waals surface area contributed by atoms with Gasteiger partial charge >= 0.3 is 24.4 Å². The summed E-state index contributed by atoms with van der Waals surface area (Å²) in [6.45, 7) is 16.6. The molecule has 3 heterocycles. The van der Waals surface area contributed by atoms with E-state index in [1.807, 2.05) is 56.1 Å². The van der Waals surface area contributed by atoms with Gasteiger partial charge < -0.3 is 14.3 Å². The quantitative estimate of drug-likeness (QED) is 0.111. The lowest BCUT2D eigenvalue weighted by molar-refractivity contribution is -0.192. The summed E-state index contributed by atoms with van der Waals surface area (Å²) in [5.74, 6) is -2.19. The van der Waals surface area contributed by atoms with Crippen molar-refractivity contribution in [1.29, 1.82) is 0 Å². The summed E-state index contributed by atoms with van der Waals surface area (Å²) in [6, 6.07) is 21.7. The van der Waals surface area contributed by atoms with Crippen LogP contribution in [0.4, 0.5) is 36.8 Å². The molecule has 4 atom stereocenters. The Morgan fingerprint density at radius 3 is 2.02 bits per heavy atom. The number of hydrogen-bond donors (Lipinski definition) is 2. The first-order chi connectivity index (χ1) is 30.4. The third-order valence-corrected chi connectivity index (χ3v) is 18.3. The minimum Gasteiger partial charge on any atom is -0.475 e. The van der Waals surface area contributed by atoms with E-state index in [4.69, 9.17) is 24.1 Å². The summed E-state index contributed by atoms with van der Waals surface area (Å²) in [5, 5.41) is 7.75. The van der Waals surface area contributed by atoms with Crippen molar-refractivity contribution in [3.05, 3.63) is 125 Å². The summed E-state index contributed by atoms with van der Waals surface area (Å²) in [7, 11) is -6.24. The molecule has 0 radical (unpaired) electrons. The topological polar surface area (TPSA) is 147 Å². The van der Waals surface area contributed by atoms with E-state index in [9.17, 15) is 39.6 Å². The SMILES string of the molecule is CC(C)(C)OC(=O)N1[C@H](Cc2ccc(NS(=O)(=O)c3ccc(C4=NC(c5ccc(C(F)(F)F)cc5)CS4)cc3)cc2)CC[C@@H]1[C@H](O[Si](C)(C)C(C)(C)C)c1cccnc1.O=C(O)C(F)(F)F. The van der Waals surface area contributed by atoms with E-state index in [2.05, 4.69) is 43.6 Å². The molecule has 1 unspecified atom stereocenters. The van der Waals surface area contributed by atoms with Crippen molar-refractivity contribution in [1.82, 2.24) is 9.88 Å². The fraction of sp³-hybridized carbons (Fsp3) is 0.435. The number of ether oxygens (including phenoxy) is 1. The number of thioether (sulfide) groups is 1. The van der Waals surface area contributed by atoms with Gasteiger partial charge in [0.1, 0.15) is 5.60 Å². The second-order valence-electron chi connectivity index (χ2n) is 18.5. The van der Waals surface area contributed by atoms with Gasteiger partial charge in [-0.3, -0.25) is 19.6 Å². The van der Waals surface area contributed by atoms with Gasteiger partial charge in [0.25, 0.3) is 10.0 Å². The number of halogens is 6. The molecule has 1 saturated heterocycles. The molecule has 2 aliphatic heterocycles. The Balaban J connectivity index is 0.00000108.